The van der Waals surface area contributed by atoms with E-state index in [2.05, 4.69) is 20.9 Å². The van der Waals surface area contributed by atoms with Gasteiger partial charge >= 0.3 is 0 Å². The molecular formula is C10H13BrN2O. The quantitative estimate of drug-likeness (QED) is 0.804. The molecule has 0 bridgehead atoms. The molecule has 0 amide bonds. The number of pyridine rings is 1. The molecule has 2 rings (SSSR count). The molecule has 0 aliphatic heterocycles. The highest BCUT2D eigenvalue weighted by Gasteiger charge is 2.27. The maximum atomic E-state index is 11.6. The minimum atomic E-state index is -0.00412. The van der Waals surface area contributed by atoms with Gasteiger partial charge in [-0.15, -0.1) is 0 Å². The molecule has 0 spiro atoms. The first-order valence-electron chi connectivity index (χ1n) is 4.82. The van der Waals surface area contributed by atoms with Crippen LogP contribution in [0.5, 0.6) is 0 Å². The highest BCUT2D eigenvalue weighted by atomic mass is 79.9. The van der Waals surface area contributed by atoms with Crippen molar-refractivity contribution in [3.63, 3.8) is 0 Å². The van der Waals surface area contributed by atoms with Crippen LogP contribution >= 0.6 is 15.9 Å². The van der Waals surface area contributed by atoms with Gasteiger partial charge < -0.3 is 10.7 Å². The van der Waals surface area contributed by atoms with E-state index in [-0.39, 0.29) is 17.5 Å². The molecule has 1 aliphatic carbocycles. The molecule has 1 saturated carbocycles. The minimum absolute atomic E-state index is 0.00412. The molecule has 3 N–H and O–H groups in total. The Labute approximate surface area is 90.8 Å². The SMILES string of the molecule is NC1CCCC1c1cc(Br)c[nH]c1=O. The van der Waals surface area contributed by atoms with Crippen LogP contribution in [0.2, 0.25) is 0 Å². The van der Waals surface area contributed by atoms with Gasteiger partial charge in [0.2, 0.25) is 0 Å². The first kappa shape index (κ1) is 9.93. The van der Waals surface area contributed by atoms with Crippen LogP contribution in [0, 0.1) is 0 Å². The normalized spacial score (nSPS) is 26.7. The van der Waals surface area contributed by atoms with Crippen molar-refractivity contribution in [3.05, 3.63) is 32.7 Å². The second-order valence-electron chi connectivity index (χ2n) is 3.80. The predicted octanol–water partition coefficient (Wildman–Crippen LogP) is 1.73. The van der Waals surface area contributed by atoms with Gasteiger partial charge in [-0.1, -0.05) is 6.42 Å². The number of rotatable bonds is 1. The summed E-state index contributed by atoms with van der Waals surface area (Å²) in [6.07, 6.45) is 4.83. The Balaban J connectivity index is 2.40. The summed E-state index contributed by atoms with van der Waals surface area (Å²) in [6, 6.07) is 2.03. The molecule has 1 fully saturated rings. The van der Waals surface area contributed by atoms with E-state index in [1.165, 1.54) is 0 Å². The van der Waals surface area contributed by atoms with Crippen molar-refractivity contribution in [1.82, 2.24) is 4.98 Å². The molecule has 76 valence electrons. The summed E-state index contributed by atoms with van der Waals surface area (Å²) in [7, 11) is 0. The van der Waals surface area contributed by atoms with Gasteiger partial charge in [0.1, 0.15) is 0 Å². The monoisotopic (exact) mass is 256 g/mol. The van der Waals surface area contributed by atoms with E-state index >= 15 is 0 Å². The Morgan fingerprint density at radius 1 is 1.50 bits per heavy atom. The fourth-order valence-corrected chi connectivity index (χ4v) is 2.48. The number of aromatic amines is 1. The number of nitrogens with two attached hydrogens (primary N) is 1. The van der Waals surface area contributed by atoms with Crippen LogP contribution in [0.3, 0.4) is 0 Å². The van der Waals surface area contributed by atoms with Gasteiger partial charge in [-0.3, -0.25) is 4.79 Å². The van der Waals surface area contributed by atoms with E-state index in [1.807, 2.05) is 6.07 Å². The molecular weight excluding hydrogens is 244 g/mol. The lowest BCUT2D eigenvalue weighted by Crippen LogP contribution is -2.27. The highest BCUT2D eigenvalue weighted by Crippen LogP contribution is 2.32. The summed E-state index contributed by atoms with van der Waals surface area (Å²) in [5.41, 5.74) is 6.78. The zero-order valence-electron chi connectivity index (χ0n) is 7.79. The first-order chi connectivity index (χ1) is 6.68. The molecule has 4 heteroatoms. The predicted molar refractivity (Wildman–Crippen MR) is 59.3 cm³/mol. The van der Waals surface area contributed by atoms with Gasteiger partial charge in [0, 0.05) is 28.2 Å². The summed E-state index contributed by atoms with van der Waals surface area (Å²) in [5.74, 6) is 0.233. The van der Waals surface area contributed by atoms with Crippen LogP contribution in [-0.2, 0) is 0 Å². The van der Waals surface area contributed by atoms with Gasteiger partial charge in [-0.25, -0.2) is 0 Å². The van der Waals surface area contributed by atoms with Crippen LogP contribution in [-0.4, -0.2) is 11.0 Å². The van der Waals surface area contributed by atoms with Crippen molar-refractivity contribution in [2.75, 3.05) is 0 Å². The Morgan fingerprint density at radius 2 is 2.29 bits per heavy atom. The number of aromatic nitrogens is 1. The van der Waals surface area contributed by atoms with Crippen molar-refractivity contribution in [2.45, 2.75) is 31.2 Å². The van der Waals surface area contributed by atoms with Gasteiger partial charge in [0.15, 0.2) is 0 Å². The zero-order chi connectivity index (χ0) is 10.1. The summed E-state index contributed by atoms with van der Waals surface area (Å²) < 4.78 is 0.909. The molecule has 1 heterocycles. The van der Waals surface area contributed by atoms with Gasteiger partial charge in [-0.2, -0.15) is 0 Å². The van der Waals surface area contributed by atoms with Crippen molar-refractivity contribution in [1.29, 1.82) is 0 Å². The average molecular weight is 257 g/mol. The van der Waals surface area contributed by atoms with Crippen molar-refractivity contribution >= 4 is 15.9 Å². The summed E-state index contributed by atoms with van der Waals surface area (Å²) in [4.78, 5) is 14.3. The standard InChI is InChI=1S/C10H13BrN2O/c11-6-4-8(10(14)13-5-6)7-2-1-3-9(7)12/h4-5,7,9H,1-3,12H2,(H,13,14). The molecule has 0 saturated heterocycles. The smallest absolute Gasteiger partial charge is 0.251 e. The third-order valence-corrected chi connectivity index (χ3v) is 3.32. The maximum Gasteiger partial charge on any atom is 0.251 e. The van der Waals surface area contributed by atoms with Crippen LogP contribution in [0.4, 0.5) is 0 Å². The van der Waals surface area contributed by atoms with E-state index in [9.17, 15) is 4.79 Å². The Hall–Kier alpha value is -0.610. The Bertz CT molecular complexity index is 388. The third-order valence-electron chi connectivity index (χ3n) is 2.87. The lowest BCUT2D eigenvalue weighted by atomic mass is 9.96. The first-order valence-corrected chi connectivity index (χ1v) is 5.61. The fourth-order valence-electron chi connectivity index (χ4n) is 2.12. The summed E-state index contributed by atoms with van der Waals surface area (Å²) in [5, 5.41) is 0. The number of hydrogen-bond donors (Lipinski definition) is 2. The topological polar surface area (TPSA) is 58.9 Å². The molecule has 1 aliphatic rings. The number of H-pyrrole nitrogens is 1. The van der Waals surface area contributed by atoms with E-state index in [1.54, 1.807) is 6.20 Å². The van der Waals surface area contributed by atoms with Crippen LogP contribution in [0.15, 0.2) is 21.5 Å². The molecule has 2 atom stereocenters. The largest absolute Gasteiger partial charge is 0.328 e. The lowest BCUT2D eigenvalue weighted by Gasteiger charge is -2.14. The molecule has 0 radical (unpaired) electrons. The highest BCUT2D eigenvalue weighted by molar-refractivity contribution is 9.10. The molecule has 1 aromatic rings. The molecule has 0 aromatic carbocycles. The van der Waals surface area contributed by atoms with Gasteiger partial charge in [0.25, 0.3) is 5.56 Å². The number of nitrogens with one attached hydrogen (secondary N) is 1. The van der Waals surface area contributed by atoms with Crippen LogP contribution < -0.4 is 11.3 Å². The molecule has 14 heavy (non-hydrogen) atoms. The van der Waals surface area contributed by atoms with Crippen LogP contribution in [0.1, 0.15) is 30.7 Å². The van der Waals surface area contributed by atoms with Crippen molar-refractivity contribution in [3.8, 4) is 0 Å². The van der Waals surface area contributed by atoms with E-state index in [4.69, 9.17) is 5.73 Å². The number of hydrogen-bond acceptors (Lipinski definition) is 2. The number of halogens is 1. The van der Waals surface area contributed by atoms with Crippen LogP contribution in [0.25, 0.3) is 0 Å². The maximum absolute atomic E-state index is 11.6. The zero-order valence-corrected chi connectivity index (χ0v) is 9.38. The average Bonchev–Trinajstić information content (AvgIpc) is 2.56. The minimum Gasteiger partial charge on any atom is -0.328 e. The second-order valence-corrected chi connectivity index (χ2v) is 4.72. The Kier molecular flexibility index (Phi) is 2.74. The molecule has 2 unspecified atom stereocenters. The fraction of sp³-hybridized carbons (Fsp3) is 0.500. The third kappa shape index (κ3) is 1.77. The summed E-state index contributed by atoms with van der Waals surface area (Å²) >= 11 is 3.35. The summed E-state index contributed by atoms with van der Waals surface area (Å²) in [6.45, 7) is 0. The van der Waals surface area contributed by atoms with Gasteiger partial charge in [0.05, 0.1) is 0 Å². The van der Waals surface area contributed by atoms with E-state index < -0.39 is 0 Å². The van der Waals surface area contributed by atoms with Gasteiger partial charge in [-0.05, 0) is 34.8 Å². The van der Waals surface area contributed by atoms with Crippen molar-refractivity contribution < 1.29 is 0 Å². The molecule has 1 aromatic heterocycles. The molecule has 3 nitrogen and oxygen atoms in total. The van der Waals surface area contributed by atoms with Crippen molar-refractivity contribution in [2.24, 2.45) is 5.73 Å². The van der Waals surface area contributed by atoms with E-state index in [0.717, 1.165) is 29.3 Å². The Morgan fingerprint density at radius 3 is 2.93 bits per heavy atom. The second kappa shape index (κ2) is 3.87. The van der Waals surface area contributed by atoms with E-state index in [0.29, 0.717) is 0 Å². The lowest BCUT2D eigenvalue weighted by molar-refractivity contribution is 0.606.